The molecule has 1 aliphatic rings. The van der Waals surface area contributed by atoms with Gasteiger partial charge in [-0.3, -0.25) is 9.36 Å². The summed E-state index contributed by atoms with van der Waals surface area (Å²) in [6.07, 6.45) is 1.47. The lowest BCUT2D eigenvalue weighted by Gasteiger charge is -2.25. The third-order valence-electron chi connectivity index (χ3n) is 5.56. The van der Waals surface area contributed by atoms with Gasteiger partial charge in [-0.05, 0) is 69.2 Å². The monoisotopic (exact) mass is 526 g/mol. The molecule has 0 saturated heterocycles. The first-order chi connectivity index (χ1) is 17.2. The van der Waals surface area contributed by atoms with E-state index in [4.69, 9.17) is 25.8 Å². The lowest BCUT2D eigenvalue weighted by atomic mass is 9.96. The van der Waals surface area contributed by atoms with E-state index in [1.807, 2.05) is 37.3 Å². The Hall–Kier alpha value is -3.36. The van der Waals surface area contributed by atoms with Crippen molar-refractivity contribution in [1.82, 2.24) is 4.57 Å². The van der Waals surface area contributed by atoms with Crippen LogP contribution in [0.2, 0.25) is 5.02 Å². The SMILES string of the molecule is CCOc1ccc(C=c2sc3n(c2=O)[C@@H](c2ccc(Cl)cc2)C(C(=O)OC(C)C)=C(C)N=3)cc1OC. The average Bonchev–Trinajstić information content (AvgIpc) is 3.13. The fraction of sp³-hybridized carbons (Fsp3) is 0.296. The van der Waals surface area contributed by atoms with Gasteiger partial charge in [-0.25, -0.2) is 9.79 Å². The Kier molecular flexibility index (Phi) is 7.66. The molecule has 0 spiro atoms. The van der Waals surface area contributed by atoms with E-state index >= 15 is 0 Å². The van der Waals surface area contributed by atoms with Crippen LogP contribution in [-0.4, -0.2) is 30.4 Å². The number of benzene rings is 2. The number of rotatable bonds is 7. The molecule has 9 heteroatoms. The minimum atomic E-state index is -0.693. The first-order valence-corrected chi connectivity index (χ1v) is 12.7. The number of hydrogen-bond acceptors (Lipinski definition) is 7. The van der Waals surface area contributed by atoms with Gasteiger partial charge in [0.05, 0.1) is 41.7 Å². The molecule has 0 saturated carbocycles. The van der Waals surface area contributed by atoms with Crippen LogP contribution in [0.15, 0.2) is 63.5 Å². The van der Waals surface area contributed by atoms with E-state index in [9.17, 15) is 9.59 Å². The molecule has 2 heterocycles. The summed E-state index contributed by atoms with van der Waals surface area (Å²) < 4.78 is 18.6. The Morgan fingerprint density at radius 2 is 1.92 bits per heavy atom. The molecular formula is C27H27ClN2O5S. The van der Waals surface area contributed by atoms with Crippen LogP contribution in [-0.2, 0) is 9.53 Å². The van der Waals surface area contributed by atoms with Crippen molar-refractivity contribution in [3.63, 3.8) is 0 Å². The molecule has 3 aromatic rings. The van der Waals surface area contributed by atoms with Gasteiger partial charge in [-0.1, -0.05) is 41.1 Å². The zero-order valence-electron chi connectivity index (χ0n) is 20.7. The summed E-state index contributed by atoms with van der Waals surface area (Å²) >= 11 is 7.38. The number of carbonyl (C=O) groups excluding carboxylic acids is 1. The zero-order chi connectivity index (χ0) is 26.0. The van der Waals surface area contributed by atoms with Gasteiger partial charge in [0.2, 0.25) is 0 Å². The molecule has 4 rings (SSSR count). The first kappa shape index (κ1) is 25.7. The van der Waals surface area contributed by atoms with Crippen LogP contribution in [0.5, 0.6) is 11.5 Å². The second-order valence-corrected chi connectivity index (χ2v) is 9.88. The summed E-state index contributed by atoms with van der Waals surface area (Å²) in [5.41, 5.74) is 2.09. The van der Waals surface area contributed by atoms with Crippen LogP contribution in [0.4, 0.5) is 0 Å². The summed E-state index contributed by atoms with van der Waals surface area (Å²) in [7, 11) is 1.57. The summed E-state index contributed by atoms with van der Waals surface area (Å²) in [5, 5.41) is 0.558. The van der Waals surface area contributed by atoms with Crippen molar-refractivity contribution in [3.8, 4) is 11.5 Å². The molecule has 0 unspecified atom stereocenters. The molecule has 188 valence electrons. The molecule has 0 fully saturated rings. The molecule has 36 heavy (non-hydrogen) atoms. The maximum Gasteiger partial charge on any atom is 0.338 e. The number of carbonyl (C=O) groups is 1. The number of nitrogens with zero attached hydrogens (tertiary/aromatic N) is 2. The number of esters is 1. The number of ether oxygens (including phenoxy) is 3. The van der Waals surface area contributed by atoms with Crippen molar-refractivity contribution < 1.29 is 19.0 Å². The van der Waals surface area contributed by atoms with Crippen LogP contribution < -0.4 is 24.4 Å². The van der Waals surface area contributed by atoms with Crippen molar-refractivity contribution in [2.75, 3.05) is 13.7 Å². The molecule has 0 radical (unpaired) electrons. The molecule has 0 amide bonds. The predicted octanol–water partition coefficient (Wildman–Crippen LogP) is 4.25. The van der Waals surface area contributed by atoms with E-state index in [-0.39, 0.29) is 11.7 Å². The largest absolute Gasteiger partial charge is 0.493 e. The Balaban J connectivity index is 1.89. The Morgan fingerprint density at radius 1 is 1.19 bits per heavy atom. The first-order valence-electron chi connectivity index (χ1n) is 11.5. The molecule has 1 atom stereocenters. The molecular weight excluding hydrogens is 500 g/mol. The van der Waals surface area contributed by atoms with Crippen LogP contribution >= 0.6 is 22.9 Å². The second kappa shape index (κ2) is 10.7. The minimum Gasteiger partial charge on any atom is -0.493 e. The molecule has 7 nitrogen and oxygen atoms in total. The normalized spacial score (nSPS) is 15.5. The summed E-state index contributed by atoms with van der Waals surface area (Å²) in [5.74, 6) is 0.703. The Labute approximate surface area is 217 Å². The summed E-state index contributed by atoms with van der Waals surface area (Å²) in [4.78, 5) is 32.0. The van der Waals surface area contributed by atoms with Crippen molar-refractivity contribution >= 4 is 35.0 Å². The lowest BCUT2D eigenvalue weighted by molar-refractivity contribution is -0.143. The van der Waals surface area contributed by atoms with E-state index in [1.165, 1.54) is 11.3 Å². The van der Waals surface area contributed by atoms with Gasteiger partial charge in [0.25, 0.3) is 5.56 Å². The van der Waals surface area contributed by atoms with Crippen molar-refractivity contribution in [2.45, 2.75) is 39.8 Å². The number of thiazole rings is 1. The third-order valence-corrected chi connectivity index (χ3v) is 6.79. The second-order valence-electron chi connectivity index (χ2n) is 8.43. The lowest BCUT2D eigenvalue weighted by Crippen LogP contribution is -2.40. The molecule has 1 aromatic heterocycles. The standard InChI is InChI=1S/C27H27ClN2O5S/c1-6-34-20-12-7-17(13-21(20)33-5)14-22-25(31)30-24(18-8-10-19(28)11-9-18)23(26(32)35-15(2)3)16(4)29-27(30)36-22/h7-15,24H,6H2,1-5H3/t24-/m0/s1. The van der Waals surface area contributed by atoms with E-state index < -0.39 is 12.0 Å². The van der Waals surface area contributed by atoms with E-state index in [0.717, 1.165) is 11.1 Å². The number of allylic oxidation sites excluding steroid dienone is 1. The number of halogens is 1. The summed E-state index contributed by atoms with van der Waals surface area (Å²) in [6, 6.07) is 11.9. The highest BCUT2D eigenvalue weighted by molar-refractivity contribution is 7.07. The average molecular weight is 527 g/mol. The highest BCUT2D eigenvalue weighted by Gasteiger charge is 2.33. The molecule has 2 aromatic carbocycles. The van der Waals surface area contributed by atoms with Crippen molar-refractivity contribution in [2.24, 2.45) is 4.99 Å². The van der Waals surface area contributed by atoms with Gasteiger partial charge in [0, 0.05) is 5.02 Å². The van der Waals surface area contributed by atoms with Gasteiger partial charge < -0.3 is 14.2 Å². The smallest absolute Gasteiger partial charge is 0.338 e. The predicted molar refractivity (Wildman–Crippen MR) is 141 cm³/mol. The molecule has 0 bridgehead atoms. The van der Waals surface area contributed by atoms with Crippen molar-refractivity contribution in [3.05, 3.63) is 89.6 Å². The molecule has 1 aliphatic heterocycles. The number of methoxy groups -OCH3 is 1. The van der Waals surface area contributed by atoms with Crippen LogP contribution in [0.3, 0.4) is 0 Å². The fourth-order valence-corrected chi connectivity index (χ4v) is 5.19. The Morgan fingerprint density at radius 3 is 2.56 bits per heavy atom. The van der Waals surface area contributed by atoms with Crippen LogP contribution in [0, 0.1) is 0 Å². The molecule has 0 aliphatic carbocycles. The van der Waals surface area contributed by atoms with Gasteiger partial charge in [-0.15, -0.1) is 0 Å². The van der Waals surface area contributed by atoms with Crippen molar-refractivity contribution in [1.29, 1.82) is 0 Å². The number of fused-ring (bicyclic) bond motifs is 1. The Bertz CT molecular complexity index is 1500. The number of hydrogen-bond donors (Lipinski definition) is 0. The van der Waals surface area contributed by atoms with E-state index in [2.05, 4.69) is 4.99 Å². The third kappa shape index (κ3) is 5.10. The maximum atomic E-state index is 13.7. The van der Waals surface area contributed by atoms with Gasteiger partial charge in [-0.2, -0.15) is 0 Å². The zero-order valence-corrected chi connectivity index (χ0v) is 22.3. The van der Waals surface area contributed by atoms with Crippen LogP contribution in [0.1, 0.15) is 44.9 Å². The van der Waals surface area contributed by atoms with Crippen LogP contribution in [0.25, 0.3) is 6.08 Å². The topological polar surface area (TPSA) is 79.1 Å². The summed E-state index contributed by atoms with van der Waals surface area (Å²) in [6.45, 7) is 7.74. The highest BCUT2D eigenvalue weighted by Crippen LogP contribution is 2.32. The fourth-order valence-electron chi connectivity index (χ4n) is 4.02. The quantitative estimate of drug-likeness (QED) is 0.430. The van der Waals surface area contributed by atoms with Gasteiger partial charge in [0.1, 0.15) is 0 Å². The van der Waals surface area contributed by atoms with Gasteiger partial charge >= 0.3 is 5.97 Å². The van der Waals surface area contributed by atoms with Gasteiger partial charge in [0.15, 0.2) is 16.3 Å². The minimum absolute atomic E-state index is 0.256. The van der Waals surface area contributed by atoms with E-state index in [0.29, 0.717) is 43.7 Å². The molecule has 0 N–H and O–H groups in total. The highest BCUT2D eigenvalue weighted by atomic mass is 35.5. The number of aromatic nitrogens is 1. The maximum absolute atomic E-state index is 13.7. The van der Waals surface area contributed by atoms with E-state index in [1.54, 1.807) is 50.7 Å².